The van der Waals surface area contributed by atoms with Crippen LogP contribution in [-0.2, 0) is 19.1 Å². The van der Waals surface area contributed by atoms with E-state index in [2.05, 4.69) is 10.6 Å². The maximum atomic E-state index is 12.3. The molecule has 2 amide bonds. The highest BCUT2D eigenvalue weighted by atomic mass is 16.5. The molecule has 0 fully saturated rings. The van der Waals surface area contributed by atoms with Crippen LogP contribution in [0.5, 0.6) is 11.5 Å². The molecule has 1 aliphatic heterocycles. The number of anilines is 1. The molecule has 2 unspecified atom stereocenters. The van der Waals surface area contributed by atoms with Crippen molar-refractivity contribution in [3.63, 3.8) is 0 Å². The van der Waals surface area contributed by atoms with Crippen molar-refractivity contribution in [3.8, 4) is 11.5 Å². The summed E-state index contributed by atoms with van der Waals surface area (Å²) in [4.78, 5) is 35.4. The van der Waals surface area contributed by atoms with E-state index in [1.165, 1.54) is 0 Å². The number of nitrogens with one attached hydrogen (secondary N) is 2. The molecule has 3 aromatic rings. The van der Waals surface area contributed by atoms with E-state index in [9.17, 15) is 19.5 Å². The first kappa shape index (κ1) is 25.7. The number of carboxylic acid groups (broad SMARTS) is 1. The molecule has 190 valence electrons. The van der Waals surface area contributed by atoms with Crippen molar-refractivity contribution in [3.05, 3.63) is 89.5 Å². The number of para-hydroxylation sites is 1. The van der Waals surface area contributed by atoms with E-state index in [1.807, 2.05) is 42.5 Å². The second-order valence-corrected chi connectivity index (χ2v) is 9.55. The standard InChI is InChI=1S/C29H28N2O6/c1-29(2,3)37-26(28(34)35)25(30-17-32)19-10-14-21(15-11-19)36-20-12-8-18(9-13-20)16-23-22-6-4-5-7-24(22)31-27(23)33/h4-17,25-26H,1-3H3,(H,30,32)(H,31,33)(H,34,35). The van der Waals surface area contributed by atoms with Gasteiger partial charge in [0.05, 0.1) is 11.6 Å². The van der Waals surface area contributed by atoms with Gasteiger partial charge in [-0.3, -0.25) is 9.59 Å². The van der Waals surface area contributed by atoms with Crippen molar-refractivity contribution in [1.29, 1.82) is 0 Å². The third kappa shape index (κ3) is 6.23. The topological polar surface area (TPSA) is 114 Å². The number of carboxylic acids is 1. The molecule has 3 aromatic carbocycles. The number of hydrogen-bond acceptors (Lipinski definition) is 5. The van der Waals surface area contributed by atoms with Crippen LogP contribution in [0.25, 0.3) is 11.6 Å². The molecule has 8 nitrogen and oxygen atoms in total. The number of benzene rings is 3. The minimum absolute atomic E-state index is 0.137. The SMILES string of the molecule is CC(C)(C)OC(C(=O)O)C(NC=O)c1ccc(Oc2ccc(C=C3C(=O)Nc4ccccc43)cc2)cc1. The molecule has 0 bridgehead atoms. The van der Waals surface area contributed by atoms with Crippen molar-refractivity contribution in [2.45, 2.75) is 38.5 Å². The van der Waals surface area contributed by atoms with Gasteiger partial charge in [-0.1, -0.05) is 42.5 Å². The Morgan fingerprint density at radius 3 is 2.19 bits per heavy atom. The van der Waals surface area contributed by atoms with E-state index in [0.29, 0.717) is 29.0 Å². The van der Waals surface area contributed by atoms with Gasteiger partial charge < -0.3 is 25.2 Å². The summed E-state index contributed by atoms with van der Waals surface area (Å²) in [5.74, 6) is -0.189. The molecular formula is C29H28N2O6. The van der Waals surface area contributed by atoms with Gasteiger partial charge in [-0.05, 0) is 68.3 Å². The first-order valence-corrected chi connectivity index (χ1v) is 11.8. The summed E-state index contributed by atoms with van der Waals surface area (Å²) in [5.41, 5.74) is 2.97. The molecule has 4 rings (SSSR count). The number of rotatable bonds is 9. The fourth-order valence-electron chi connectivity index (χ4n) is 4.03. The number of carbonyl (C=O) groups is 3. The van der Waals surface area contributed by atoms with E-state index in [-0.39, 0.29) is 5.91 Å². The van der Waals surface area contributed by atoms with Crippen molar-refractivity contribution >= 4 is 35.6 Å². The van der Waals surface area contributed by atoms with Crippen LogP contribution >= 0.6 is 0 Å². The van der Waals surface area contributed by atoms with Crippen LogP contribution in [-0.4, -0.2) is 35.1 Å². The predicted molar refractivity (Wildman–Crippen MR) is 140 cm³/mol. The third-order valence-corrected chi connectivity index (χ3v) is 5.65. The average molecular weight is 501 g/mol. The zero-order valence-electron chi connectivity index (χ0n) is 20.7. The zero-order chi connectivity index (χ0) is 26.6. The van der Waals surface area contributed by atoms with Crippen molar-refractivity contribution in [2.24, 2.45) is 0 Å². The number of fused-ring (bicyclic) bond motifs is 1. The molecular weight excluding hydrogens is 472 g/mol. The van der Waals surface area contributed by atoms with Crippen LogP contribution in [0.1, 0.15) is 43.5 Å². The van der Waals surface area contributed by atoms with Crippen molar-refractivity contribution in [1.82, 2.24) is 5.32 Å². The summed E-state index contributed by atoms with van der Waals surface area (Å²) >= 11 is 0. The molecule has 2 atom stereocenters. The summed E-state index contributed by atoms with van der Waals surface area (Å²) in [6, 6.07) is 20.7. The highest BCUT2D eigenvalue weighted by Gasteiger charge is 2.34. The lowest BCUT2D eigenvalue weighted by Crippen LogP contribution is -2.43. The van der Waals surface area contributed by atoms with E-state index >= 15 is 0 Å². The molecule has 0 spiro atoms. The summed E-state index contributed by atoms with van der Waals surface area (Å²) in [5, 5.41) is 15.1. The van der Waals surface area contributed by atoms with E-state index in [0.717, 1.165) is 16.8 Å². The molecule has 3 N–H and O–H groups in total. The first-order chi connectivity index (χ1) is 17.6. The smallest absolute Gasteiger partial charge is 0.335 e. The fraction of sp³-hybridized carbons (Fsp3) is 0.207. The van der Waals surface area contributed by atoms with Gasteiger partial charge in [0.15, 0.2) is 6.10 Å². The molecule has 0 aliphatic carbocycles. The summed E-state index contributed by atoms with van der Waals surface area (Å²) < 4.78 is 11.6. The van der Waals surface area contributed by atoms with Gasteiger partial charge in [-0.2, -0.15) is 0 Å². The number of ether oxygens (including phenoxy) is 2. The largest absolute Gasteiger partial charge is 0.479 e. The molecule has 37 heavy (non-hydrogen) atoms. The number of carbonyl (C=O) groups excluding carboxylic acids is 2. The summed E-state index contributed by atoms with van der Waals surface area (Å²) in [6.45, 7) is 5.25. The summed E-state index contributed by atoms with van der Waals surface area (Å²) in [7, 11) is 0. The minimum Gasteiger partial charge on any atom is -0.479 e. The van der Waals surface area contributed by atoms with Crippen molar-refractivity contribution < 1.29 is 29.0 Å². The van der Waals surface area contributed by atoms with Crippen LogP contribution in [0.3, 0.4) is 0 Å². The van der Waals surface area contributed by atoms with Crippen LogP contribution in [0.4, 0.5) is 5.69 Å². The molecule has 8 heteroatoms. The molecule has 1 heterocycles. The third-order valence-electron chi connectivity index (χ3n) is 5.65. The van der Waals surface area contributed by atoms with Gasteiger partial charge in [0, 0.05) is 16.8 Å². The fourth-order valence-corrected chi connectivity index (χ4v) is 4.03. The zero-order valence-corrected chi connectivity index (χ0v) is 20.7. The quantitative estimate of drug-likeness (QED) is 0.281. The van der Waals surface area contributed by atoms with Gasteiger partial charge in [-0.15, -0.1) is 0 Å². The molecule has 1 aliphatic rings. The minimum atomic E-state index is -1.27. The molecule has 0 saturated carbocycles. The predicted octanol–water partition coefficient (Wildman–Crippen LogP) is 5.03. The number of aliphatic carboxylic acids is 1. The lowest BCUT2D eigenvalue weighted by Gasteiger charge is -2.30. The summed E-state index contributed by atoms with van der Waals surface area (Å²) in [6.07, 6.45) is 1.02. The van der Waals surface area contributed by atoms with Crippen LogP contribution in [0.2, 0.25) is 0 Å². The monoisotopic (exact) mass is 500 g/mol. The maximum Gasteiger partial charge on any atom is 0.335 e. The second kappa shape index (κ2) is 10.7. The lowest BCUT2D eigenvalue weighted by molar-refractivity contribution is -0.163. The normalized spacial score (nSPS) is 15.4. The second-order valence-electron chi connectivity index (χ2n) is 9.55. The average Bonchev–Trinajstić information content (AvgIpc) is 3.17. The van der Waals surface area contributed by atoms with Gasteiger partial charge in [0.2, 0.25) is 6.41 Å². The Morgan fingerprint density at radius 2 is 1.59 bits per heavy atom. The van der Waals surface area contributed by atoms with Crippen LogP contribution in [0, 0.1) is 0 Å². The Kier molecular flexibility index (Phi) is 7.40. The number of amides is 2. The first-order valence-electron chi connectivity index (χ1n) is 11.8. The maximum absolute atomic E-state index is 12.3. The van der Waals surface area contributed by atoms with Gasteiger partial charge in [-0.25, -0.2) is 4.79 Å². The number of hydrogen-bond donors (Lipinski definition) is 3. The molecule has 0 radical (unpaired) electrons. The highest BCUT2D eigenvalue weighted by molar-refractivity contribution is 6.34. The van der Waals surface area contributed by atoms with Crippen LogP contribution < -0.4 is 15.4 Å². The molecule has 0 aromatic heterocycles. The van der Waals surface area contributed by atoms with E-state index in [4.69, 9.17) is 9.47 Å². The van der Waals surface area contributed by atoms with E-state index in [1.54, 1.807) is 57.2 Å². The Bertz CT molecular complexity index is 1320. The van der Waals surface area contributed by atoms with E-state index < -0.39 is 23.7 Å². The Hall–Kier alpha value is -4.43. The Balaban J connectivity index is 1.48. The Labute approximate surface area is 214 Å². The van der Waals surface area contributed by atoms with Crippen molar-refractivity contribution in [2.75, 3.05) is 5.32 Å². The van der Waals surface area contributed by atoms with Gasteiger partial charge in [0.1, 0.15) is 11.5 Å². The van der Waals surface area contributed by atoms with Crippen LogP contribution in [0.15, 0.2) is 72.8 Å². The van der Waals surface area contributed by atoms with Gasteiger partial charge in [0.25, 0.3) is 5.91 Å². The lowest BCUT2D eigenvalue weighted by atomic mass is 10.00. The highest BCUT2D eigenvalue weighted by Crippen LogP contribution is 2.33. The Morgan fingerprint density at radius 1 is 0.973 bits per heavy atom. The molecule has 0 saturated heterocycles. The van der Waals surface area contributed by atoms with Gasteiger partial charge >= 0.3 is 5.97 Å².